The SMILES string of the molecule is CC(C)=CC[C@H]1C[C@@]2(CC=C(C)C)C(=O)/C(=C(/O)c3ccccc3)C(=O)[C@](CC=C(C)C)(C2=O)C1(C)C. The molecule has 0 radical (unpaired) electrons. The van der Waals surface area contributed by atoms with E-state index in [2.05, 4.69) is 6.08 Å². The first-order chi connectivity index (χ1) is 17.2. The highest BCUT2D eigenvalue weighted by molar-refractivity contribution is 6.41. The van der Waals surface area contributed by atoms with Gasteiger partial charge in [-0.25, -0.2) is 0 Å². The molecular formula is C33H42O4. The molecule has 3 rings (SSSR count). The molecule has 1 N–H and O–H groups in total. The van der Waals surface area contributed by atoms with Crippen molar-refractivity contribution in [2.24, 2.45) is 22.2 Å². The van der Waals surface area contributed by atoms with Crippen LogP contribution in [0.25, 0.3) is 5.76 Å². The van der Waals surface area contributed by atoms with Gasteiger partial charge in [-0.15, -0.1) is 0 Å². The van der Waals surface area contributed by atoms with Crippen molar-refractivity contribution < 1.29 is 19.5 Å². The van der Waals surface area contributed by atoms with Crippen molar-refractivity contribution in [1.29, 1.82) is 0 Å². The molecule has 1 aromatic carbocycles. The first-order valence-corrected chi connectivity index (χ1v) is 13.3. The molecule has 0 heterocycles. The van der Waals surface area contributed by atoms with Crippen LogP contribution in [0.4, 0.5) is 0 Å². The van der Waals surface area contributed by atoms with E-state index < -0.39 is 27.8 Å². The maximum atomic E-state index is 14.7. The van der Waals surface area contributed by atoms with Gasteiger partial charge in [0.25, 0.3) is 0 Å². The molecule has 2 saturated carbocycles. The fourth-order valence-electron chi connectivity index (χ4n) is 6.13. The van der Waals surface area contributed by atoms with Crippen LogP contribution in [0.3, 0.4) is 0 Å². The van der Waals surface area contributed by atoms with Gasteiger partial charge in [-0.3, -0.25) is 14.4 Å². The maximum Gasteiger partial charge on any atom is 0.184 e. The lowest BCUT2D eigenvalue weighted by molar-refractivity contribution is -0.176. The molecule has 0 aliphatic heterocycles. The van der Waals surface area contributed by atoms with Crippen LogP contribution in [0.2, 0.25) is 0 Å². The number of ketones is 3. The Kier molecular flexibility index (Phi) is 8.02. The van der Waals surface area contributed by atoms with Crippen LogP contribution >= 0.6 is 0 Å². The molecule has 0 unspecified atom stereocenters. The number of rotatable bonds is 7. The van der Waals surface area contributed by atoms with E-state index in [-0.39, 0.29) is 35.9 Å². The number of hydrogen-bond acceptors (Lipinski definition) is 4. The first-order valence-electron chi connectivity index (χ1n) is 13.3. The van der Waals surface area contributed by atoms with E-state index >= 15 is 0 Å². The lowest BCUT2D eigenvalue weighted by atomic mass is 9.38. The number of Topliss-reactive ketones (excluding diaryl/α,β-unsaturated/α-hetero) is 3. The minimum Gasteiger partial charge on any atom is -0.506 e. The van der Waals surface area contributed by atoms with Crippen molar-refractivity contribution in [3.8, 4) is 0 Å². The van der Waals surface area contributed by atoms with E-state index in [1.165, 1.54) is 0 Å². The molecule has 198 valence electrons. The predicted molar refractivity (Wildman–Crippen MR) is 150 cm³/mol. The molecule has 2 fully saturated rings. The Bertz CT molecular complexity index is 1210. The van der Waals surface area contributed by atoms with Crippen LogP contribution in [0, 0.1) is 22.2 Å². The highest BCUT2D eigenvalue weighted by atomic mass is 16.3. The lowest BCUT2D eigenvalue weighted by Crippen LogP contribution is -2.69. The minimum absolute atomic E-state index is 0.0652. The van der Waals surface area contributed by atoms with Gasteiger partial charge < -0.3 is 5.11 Å². The molecular weight excluding hydrogens is 460 g/mol. The number of fused-ring (bicyclic) bond motifs is 2. The standard InChI is InChI=1S/C33H42O4/c1-21(2)14-15-25-20-32(18-16-22(3)4)28(35)26(27(34)24-12-10-9-11-13-24)29(36)33(30(32)37,31(25,7)8)19-17-23(5)6/h9-14,16-17,25,34H,15,18-20H2,1-8H3/b27-26-/t25-,32-,33+/m0/s1. The average molecular weight is 503 g/mol. The molecule has 1 aromatic rings. The van der Waals surface area contributed by atoms with Gasteiger partial charge in [0, 0.05) is 5.56 Å². The smallest absolute Gasteiger partial charge is 0.184 e. The fourth-order valence-corrected chi connectivity index (χ4v) is 6.13. The van der Waals surface area contributed by atoms with Crippen LogP contribution < -0.4 is 0 Å². The maximum absolute atomic E-state index is 14.7. The van der Waals surface area contributed by atoms with Crippen molar-refractivity contribution in [3.05, 3.63) is 76.4 Å². The summed E-state index contributed by atoms with van der Waals surface area (Å²) in [5.74, 6) is -1.75. The molecule has 2 aliphatic rings. The topological polar surface area (TPSA) is 71.4 Å². The number of hydrogen-bond donors (Lipinski definition) is 1. The van der Waals surface area contributed by atoms with Crippen molar-refractivity contribution in [3.63, 3.8) is 0 Å². The van der Waals surface area contributed by atoms with Gasteiger partial charge in [0.1, 0.15) is 16.7 Å². The number of allylic oxidation sites excluding steroid dienone is 7. The molecule has 4 heteroatoms. The molecule has 0 spiro atoms. The van der Waals surface area contributed by atoms with Crippen LogP contribution in [0.5, 0.6) is 0 Å². The molecule has 0 aromatic heterocycles. The zero-order valence-electron chi connectivity index (χ0n) is 23.7. The van der Waals surface area contributed by atoms with E-state index in [4.69, 9.17) is 0 Å². The molecule has 0 saturated heterocycles. The molecule has 3 atom stereocenters. The van der Waals surface area contributed by atoms with Gasteiger partial charge in [0.2, 0.25) is 0 Å². The van der Waals surface area contributed by atoms with Gasteiger partial charge >= 0.3 is 0 Å². The molecule has 2 bridgehead atoms. The highest BCUT2D eigenvalue weighted by Gasteiger charge is 2.73. The zero-order valence-corrected chi connectivity index (χ0v) is 23.7. The zero-order chi connectivity index (χ0) is 27.8. The van der Waals surface area contributed by atoms with Gasteiger partial charge in [-0.1, -0.05) is 79.1 Å². The largest absolute Gasteiger partial charge is 0.506 e. The Morgan fingerprint density at radius 1 is 0.838 bits per heavy atom. The average Bonchev–Trinajstić information content (AvgIpc) is 2.82. The summed E-state index contributed by atoms with van der Waals surface area (Å²) in [6, 6.07) is 8.70. The minimum atomic E-state index is -1.45. The first kappa shape index (κ1) is 28.6. The second kappa shape index (κ2) is 10.4. The number of carbonyl (C=O) groups excluding carboxylic acids is 3. The summed E-state index contributed by atoms with van der Waals surface area (Å²) in [7, 11) is 0. The Morgan fingerprint density at radius 3 is 1.92 bits per heavy atom. The summed E-state index contributed by atoms with van der Waals surface area (Å²) in [5.41, 5.74) is -0.236. The normalized spacial score (nSPS) is 27.9. The number of benzene rings is 1. The van der Waals surface area contributed by atoms with Crippen LogP contribution in [0.1, 0.15) is 86.6 Å². The second-order valence-electron chi connectivity index (χ2n) is 12.2. The third-order valence-electron chi connectivity index (χ3n) is 8.58. The number of aliphatic hydroxyl groups is 1. The van der Waals surface area contributed by atoms with Gasteiger partial charge in [0.05, 0.1) is 5.41 Å². The molecule has 4 nitrogen and oxygen atoms in total. The van der Waals surface area contributed by atoms with Gasteiger partial charge in [0.15, 0.2) is 17.3 Å². The highest BCUT2D eigenvalue weighted by Crippen LogP contribution is 2.65. The Balaban J connectivity index is 2.43. The summed E-state index contributed by atoms with van der Waals surface area (Å²) in [4.78, 5) is 43.6. The van der Waals surface area contributed by atoms with E-state index in [0.29, 0.717) is 18.4 Å². The Morgan fingerprint density at radius 2 is 1.38 bits per heavy atom. The summed E-state index contributed by atoms with van der Waals surface area (Å²) < 4.78 is 0. The fraction of sp³-hybridized carbons (Fsp3) is 0.485. The van der Waals surface area contributed by atoms with Crippen LogP contribution in [0.15, 0.2) is 70.9 Å². The monoisotopic (exact) mass is 502 g/mol. The summed E-state index contributed by atoms with van der Waals surface area (Å²) in [6.07, 6.45) is 7.49. The van der Waals surface area contributed by atoms with E-state index in [1.807, 2.05) is 73.6 Å². The third kappa shape index (κ3) is 4.71. The number of aliphatic hydroxyl groups excluding tert-OH is 1. The Hall–Kier alpha value is -3.01. The van der Waals surface area contributed by atoms with Gasteiger partial charge in [-0.05, 0) is 78.6 Å². The quantitative estimate of drug-likeness (QED) is 0.136. The lowest BCUT2D eigenvalue weighted by Gasteiger charge is -2.60. The van der Waals surface area contributed by atoms with Gasteiger partial charge in [-0.2, -0.15) is 0 Å². The number of carbonyl (C=O) groups is 3. The van der Waals surface area contributed by atoms with E-state index in [1.54, 1.807) is 24.3 Å². The van der Waals surface area contributed by atoms with Crippen molar-refractivity contribution in [2.45, 2.75) is 81.1 Å². The molecule has 0 amide bonds. The third-order valence-corrected chi connectivity index (χ3v) is 8.58. The Labute approximate surface area is 222 Å². The van der Waals surface area contributed by atoms with Crippen molar-refractivity contribution >= 4 is 23.1 Å². The second-order valence-corrected chi connectivity index (χ2v) is 12.2. The molecule has 2 aliphatic carbocycles. The summed E-state index contributed by atoms with van der Waals surface area (Å²) in [6.45, 7) is 15.9. The van der Waals surface area contributed by atoms with Crippen molar-refractivity contribution in [1.82, 2.24) is 0 Å². The van der Waals surface area contributed by atoms with Crippen LogP contribution in [-0.2, 0) is 14.4 Å². The molecule has 37 heavy (non-hydrogen) atoms. The van der Waals surface area contributed by atoms with Crippen LogP contribution in [-0.4, -0.2) is 22.5 Å². The summed E-state index contributed by atoms with van der Waals surface area (Å²) >= 11 is 0. The van der Waals surface area contributed by atoms with E-state index in [0.717, 1.165) is 16.7 Å². The predicted octanol–water partition coefficient (Wildman–Crippen LogP) is 7.76. The van der Waals surface area contributed by atoms with Crippen molar-refractivity contribution in [2.75, 3.05) is 0 Å². The summed E-state index contributed by atoms with van der Waals surface area (Å²) in [5, 5.41) is 11.4. The van der Waals surface area contributed by atoms with E-state index in [9.17, 15) is 19.5 Å².